The van der Waals surface area contributed by atoms with Crippen molar-refractivity contribution in [3.05, 3.63) is 35.0 Å². The van der Waals surface area contributed by atoms with Gasteiger partial charge in [-0.1, -0.05) is 6.92 Å². The molecule has 4 heterocycles. The van der Waals surface area contributed by atoms with Crippen molar-refractivity contribution in [1.29, 1.82) is 0 Å². The highest BCUT2D eigenvalue weighted by Crippen LogP contribution is 2.30. The van der Waals surface area contributed by atoms with E-state index in [9.17, 15) is 0 Å². The molecule has 4 rings (SSSR count). The summed E-state index contributed by atoms with van der Waals surface area (Å²) in [6, 6.07) is 2.96. The lowest BCUT2D eigenvalue weighted by atomic mass is 10.0. The van der Waals surface area contributed by atoms with Crippen LogP contribution >= 0.6 is 11.3 Å². The molecule has 0 spiro atoms. The van der Waals surface area contributed by atoms with Crippen LogP contribution in [0, 0.1) is 13.8 Å². The lowest BCUT2D eigenvalue weighted by molar-refractivity contribution is 0.356. The molecule has 0 bridgehead atoms. The summed E-state index contributed by atoms with van der Waals surface area (Å²) in [4.78, 5) is 20.7. The number of hydrogen-bond donors (Lipinski definition) is 2. The third kappa shape index (κ3) is 3.46. The fourth-order valence-electron chi connectivity index (χ4n) is 3.73. The van der Waals surface area contributed by atoms with Gasteiger partial charge in [0.25, 0.3) is 0 Å². The van der Waals surface area contributed by atoms with Gasteiger partial charge in [-0.05, 0) is 44.6 Å². The monoisotopic (exact) mass is 370 g/mol. The Morgan fingerprint density at radius 3 is 2.81 bits per heavy atom. The molecule has 0 saturated carbocycles. The molecule has 1 aliphatic rings. The molecule has 2 N–H and O–H groups in total. The van der Waals surface area contributed by atoms with Gasteiger partial charge < -0.3 is 15.2 Å². The Bertz CT molecular complexity index is 877. The van der Waals surface area contributed by atoms with E-state index in [1.165, 1.54) is 5.39 Å². The molecule has 1 atom stereocenters. The van der Waals surface area contributed by atoms with Crippen molar-refractivity contribution in [1.82, 2.24) is 25.3 Å². The average Bonchev–Trinajstić information content (AvgIpc) is 3.28. The van der Waals surface area contributed by atoms with Crippen LogP contribution in [-0.2, 0) is 0 Å². The number of aryl methyl sites for hydroxylation is 2. The Kier molecular flexibility index (Phi) is 4.91. The number of imidazole rings is 1. The topological polar surface area (TPSA) is 69.7 Å². The van der Waals surface area contributed by atoms with E-state index in [0.29, 0.717) is 12.1 Å². The number of fused-ring (bicyclic) bond motifs is 1. The van der Waals surface area contributed by atoms with Crippen molar-refractivity contribution in [2.24, 2.45) is 0 Å². The average molecular weight is 371 g/mol. The third-order valence-corrected chi connectivity index (χ3v) is 5.92. The second-order valence-electron chi connectivity index (χ2n) is 7.07. The number of thiophene rings is 1. The van der Waals surface area contributed by atoms with E-state index in [2.05, 4.69) is 50.5 Å². The number of H-pyrrole nitrogens is 1. The molecule has 0 aliphatic carbocycles. The standard InChI is InChI=1S/C19H26N6S/c1-4-16(17-20-11-12(2)21-17)24-14-5-8-25(9-6-14)18-15-7-10-26-19(15)23-13(3)22-18/h7,10-11,14,16,24H,4-6,8-9H2,1-3H3,(H,20,21)/t16-/m1/s1. The Morgan fingerprint density at radius 1 is 1.31 bits per heavy atom. The summed E-state index contributed by atoms with van der Waals surface area (Å²) >= 11 is 1.69. The van der Waals surface area contributed by atoms with Crippen LogP contribution in [0.2, 0.25) is 0 Å². The highest BCUT2D eigenvalue weighted by molar-refractivity contribution is 7.16. The number of aromatic nitrogens is 4. The van der Waals surface area contributed by atoms with E-state index < -0.39 is 0 Å². The first-order chi connectivity index (χ1) is 12.6. The highest BCUT2D eigenvalue weighted by Gasteiger charge is 2.25. The van der Waals surface area contributed by atoms with Gasteiger partial charge >= 0.3 is 0 Å². The molecule has 1 fully saturated rings. The second kappa shape index (κ2) is 7.32. The van der Waals surface area contributed by atoms with Gasteiger partial charge in [-0.15, -0.1) is 11.3 Å². The van der Waals surface area contributed by atoms with Gasteiger partial charge in [0, 0.05) is 31.0 Å². The first kappa shape index (κ1) is 17.4. The van der Waals surface area contributed by atoms with Gasteiger partial charge in [-0.2, -0.15) is 0 Å². The molecule has 0 amide bonds. The third-order valence-electron chi connectivity index (χ3n) is 5.11. The van der Waals surface area contributed by atoms with Gasteiger partial charge in [-0.3, -0.25) is 0 Å². The summed E-state index contributed by atoms with van der Waals surface area (Å²) in [6.45, 7) is 8.28. The van der Waals surface area contributed by atoms with Crippen LogP contribution in [0.4, 0.5) is 5.82 Å². The number of nitrogens with zero attached hydrogens (tertiary/aromatic N) is 4. The number of rotatable bonds is 5. The first-order valence-corrected chi connectivity index (χ1v) is 10.3. The Hall–Kier alpha value is -1.99. The first-order valence-electron chi connectivity index (χ1n) is 9.38. The summed E-state index contributed by atoms with van der Waals surface area (Å²) in [5.74, 6) is 3.01. The minimum Gasteiger partial charge on any atom is -0.356 e. The lowest BCUT2D eigenvalue weighted by Gasteiger charge is -2.35. The van der Waals surface area contributed by atoms with Gasteiger partial charge in [0.1, 0.15) is 22.3 Å². The van der Waals surface area contributed by atoms with E-state index in [4.69, 9.17) is 4.98 Å². The van der Waals surface area contributed by atoms with Crippen LogP contribution in [0.5, 0.6) is 0 Å². The van der Waals surface area contributed by atoms with E-state index in [0.717, 1.165) is 60.3 Å². The van der Waals surface area contributed by atoms with Crippen molar-refractivity contribution in [3.8, 4) is 0 Å². The molecule has 0 unspecified atom stereocenters. The van der Waals surface area contributed by atoms with Crippen molar-refractivity contribution in [3.63, 3.8) is 0 Å². The SMILES string of the molecule is CC[C@@H](NC1CCN(c2nc(C)nc3sccc23)CC1)c1ncc(C)[nH]1. The second-order valence-corrected chi connectivity index (χ2v) is 7.97. The summed E-state index contributed by atoms with van der Waals surface area (Å²) in [7, 11) is 0. The van der Waals surface area contributed by atoms with Crippen LogP contribution in [0.1, 0.15) is 49.6 Å². The van der Waals surface area contributed by atoms with E-state index >= 15 is 0 Å². The molecule has 26 heavy (non-hydrogen) atoms. The minimum absolute atomic E-state index is 0.296. The maximum absolute atomic E-state index is 4.74. The quantitative estimate of drug-likeness (QED) is 0.716. The van der Waals surface area contributed by atoms with Crippen molar-refractivity contribution < 1.29 is 0 Å². The lowest BCUT2D eigenvalue weighted by Crippen LogP contribution is -2.44. The Balaban J connectivity index is 1.43. The zero-order valence-electron chi connectivity index (χ0n) is 15.6. The fraction of sp³-hybridized carbons (Fsp3) is 0.526. The van der Waals surface area contributed by atoms with Crippen LogP contribution in [-0.4, -0.2) is 39.1 Å². The predicted molar refractivity (Wildman–Crippen MR) is 107 cm³/mol. The maximum Gasteiger partial charge on any atom is 0.141 e. The van der Waals surface area contributed by atoms with E-state index in [1.54, 1.807) is 11.3 Å². The molecule has 1 saturated heterocycles. The van der Waals surface area contributed by atoms with Gasteiger partial charge in [0.2, 0.25) is 0 Å². The zero-order chi connectivity index (χ0) is 18.1. The number of piperidine rings is 1. The smallest absolute Gasteiger partial charge is 0.141 e. The van der Waals surface area contributed by atoms with Crippen LogP contribution in [0.15, 0.2) is 17.6 Å². The number of aromatic amines is 1. The summed E-state index contributed by atoms with van der Waals surface area (Å²) < 4.78 is 0. The normalized spacial score (nSPS) is 17.1. The predicted octanol–water partition coefficient (Wildman–Crippen LogP) is 3.74. The molecule has 138 valence electrons. The highest BCUT2D eigenvalue weighted by atomic mass is 32.1. The molecular formula is C19H26N6S. The van der Waals surface area contributed by atoms with E-state index in [1.807, 2.05) is 13.1 Å². The number of anilines is 1. The molecule has 0 radical (unpaired) electrons. The van der Waals surface area contributed by atoms with Crippen LogP contribution in [0.3, 0.4) is 0 Å². The van der Waals surface area contributed by atoms with Crippen LogP contribution in [0.25, 0.3) is 10.2 Å². The van der Waals surface area contributed by atoms with Crippen LogP contribution < -0.4 is 10.2 Å². The summed E-state index contributed by atoms with van der Waals surface area (Å²) in [6.07, 6.45) is 5.18. The largest absolute Gasteiger partial charge is 0.356 e. The van der Waals surface area contributed by atoms with Crippen molar-refractivity contribution in [2.75, 3.05) is 18.0 Å². The summed E-state index contributed by atoms with van der Waals surface area (Å²) in [5, 5.41) is 7.09. The molecule has 7 heteroatoms. The summed E-state index contributed by atoms with van der Waals surface area (Å²) in [5.41, 5.74) is 1.12. The molecule has 3 aromatic heterocycles. The zero-order valence-corrected chi connectivity index (χ0v) is 16.4. The number of hydrogen-bond acceptors (Lipinski definition) is 6. The Morgan fingerprint density at radius 2 is 2.12 bits per heavy atom. The van der Waals surface area contributed by atoms with Gasteiger partial charge in [0.15, 0.2) is 0 Å². The van der Waals surface area contributed by atoms with Gasteiger partial charge in [-0.25, -0.2) is 15.0 Å². The maximum atomic E-state index is 4.74. The minimum atomic E-state index is 0.296. The molecule has 3 aromatic rings. The fourth-order valence-corrected chi connectivity index (χ4v) is 4.53. The van der Waals surface area contributed by atoms with Gasteiger partial charge in [0.05, 0.1) is 11.4 Å². The molecule has 6 nitrogen and oxygen atoms in total. The number of nitrogens with one attached hydrogen (secondary N) is 2. The van der Waals surface area contributed by atoms with Crippen molar-refractivity contribution >= 4 is 27.4 Å². The molecular weight excluding hydrogens is 344 g/mol. The molecule has 1 aliphatic heterocycles. The molecule has 0 aromatic carbocycles. The van der Waals surface area contributed by atoms with Crippen molar-refractivity contribution in [2.45, 2.75) is 52.1 Å². The Labute approximate surface area is 158 Å². The van der Waals surface area contributed by atoms with E-state index in [-0.39, 0.29) is 0 Å².